The summed E-state index contributed by atoms with van der Waals surface area (Å²) in [6, 6.07) is 9.41. The summed E-state index contributed by atoms with van der Waals surface area (Å²) in [5.74, 6) is -0.997. The van der Waals surface area contributed by atoms with Gasteiger partial charge >= 0.3 is 5.97 Å². The molecular formula is C20H17BrN2O5S. The van der Waals surface area contributed by atoms with E-state index in [1.54, 1.807) is 37.4 Å². The Morgan fingerprint density at radius 2 is 2.00 bits per heavy atom. The number of aromatic hydroxyl groups is 1. The van der Waals surface area contributed by atoms with Crippen molar-refractivity contribution in [1.82, 2.24) is 4.90 Å². The lowest BCUT2D eigenvalue weighted by molar-refractivity contribution is -0.121. The zero-order chi connectivity index (χ0) is 21.1. The Hall–Kier alpha value is -2.78. The number of amidine groups is 1. The molecule has 2 aromatic rings. The number of thioether (sulfide) groups is 1. The van der Waals surface area contributed by atoms with Gasteiger partial charge in [0.2, 0.25) is 0 Å². The van der Waals surface area contributed by atoms with Crippen LogP contribution in [-0.4, -0.2) is 45.8 Å². The first-order chi connectivity index (χ1) is 13.8. The first-order valence-electron chi connectivity index (χ1n) is 8.55. The van der Waals surface area contributed by atoms with E-state index < -0.39 is 5.97 Å². The van der Waals surface area contributed by atoms with E-state index in [0.717, 1.165) is 11.8 Å². The number of ether oxygens (including phenoxy) is 1. The normalized spacial score (nSPS) is 16.7. The number of carbonyl (C=O) groups is 2. The van der Waals surface area contributed by atoms with E-state index in [2.05, 4.69) is 20.9 Å². The minimum atomic E-state index is -1.02. The highest BCUT2D eigenvalue weighted by Crippen LogP contribution is 2.39. The SMILES string of the molecule is CCOc1cc(Br)cc(/C=C2\SC(=Nc3ccc(C(=O)O)cc3)N(C)C2=O)c1O. The second kappa shape index (κ2) is 8.71. The summed E-state index contributed by atoms with van der Waals surface area (Å²) < 4.78 is 6.13. The predicted molar refractivity (Wildman–Crippen MR) is 116 cm³/mol. The lowest BCUT2D eigenvalue weighted by atomic mass is 10.1. The van der Waals surface area contributed by atoms with Crippen molar-refractivity contribution in [3.05, 3.63) is 56.9 Å². The van der Waals surface area contributed by atoms with Crippen LogP contribution in [0.4, 0.5) is 5.69 Å². The van der Waals surface area contributed by atoms with Gasteiger partial charge in [-0.05, 0) is 61.2 Å². The summed E-state index contributed by atoms with van der Waals surface area (Å²) in [5, 5.41) is 19.8. The van der Waals surface area contributed by atoms with Gasteiger partial charge in [0.05, 0.1) is 22.8 Å². The number of carboxylic acids is 1. The van der Waals surface area contributed by atoms with Crippen LogP contribution in [0.5, 0.6) is 11.5 Å². The summed E-state index contributed by atoms with van der Waals surface area (Å²) in [6.07, 6.45) is 1.59. The molecule has 29 heavy (non-hydrogen) atoms. The van der Waals surface area contributed by atoms with E-state index in [0.29, 0.717) is 38.2 Å². The van der Waals surface area contributed by atoms with Crippen molar-refractivity contribution in [1.29, 1.82) is 0 Å². The fourth-order valence-electron chi connectivity index (χ4n) is 2.55. The number of carbonyl (C=O) groups excluding carboxylic acids is 1. The Kier molecular flexibility index (Phi) is 6.29. The molecule has 1 aliphatic heterocycles. The maximum absolute atomic E-state index is 12.6. The molecule has 2 aromatic carbocycles. The Morgan fingerprint density at radius 1 is 1.31 bits per heavy atom. The van der Waals surface area contributed by atoms with Crippen LogP contribution in [0, 0.1) is 0 Å². The monoisotopic (exact) mass is 476 g/mol. The van der Waals surface area contributed by atoms with E-state index in [9.17, 15) is 14.7 Å². The Bertz CT molecular complexity index is 1030. The van der Waals surface area contributed by atoms with Crippen molar-refractivity contribution in [2.75, 3.05) is 13.7 Å². The highest BCUT2D eigenvalue weighted by atomic mass is 79.9. The van der Waals surface area contributed by atoms with Crippen molar-refractivity contribution in [3.63, 3.8) is 0 Å². The first-order valence-corrected chi connectivity index (χ1v) is 10.2. The molecule has 0 bridgehead atoms. The lowest BCUT2D eigenvalue weighted by Gasteiger charge is -2.09. The first kappa shape index (κ1) is 20.9. The number of benzene rings is 2. The van der Waals surface area contributed by atoms with Gasteiger partial charge < -0.3 is 14.9 Å². The minimum Gasteiger partial charge on any atom is -0.504 e. The molecule has 1 heterocycles. The predicted octanol–water partition coefficient (Wildman–Crippen LogP) is 4.49. The van der Waals surface area contributed by atoms with Gasteiger partial charge in [0.15, 0.2) is 16.7 Å². The number of carboxylic acid groups (broad SMARTS) is 1. The smallest absolute Gasteiger partial charge is 0.335 e. The largest absolute Gasteiger partial charge is 0.504 e. The summed E-state index contributed by atoms with van der Waals surface area (Å²) in [6.45, 7) is 2.21. The standard InChI is InChI=1S/C20H17BrN2O5S/c1-3-28-15-10-13(21)8-12(17(15)24)9-16-18(25)23(2)20(29-16)22-14-6-4-11(5-7-14)19(26)27/h4-10,24H,3H2,1-2H3,(H,26,27)/b16-9-,22-20?. The molecule has 0 aliphatic carbocycles. The third kappa shape index (κ3) is 4.63. The Labute approximate surface area is 179 Å². The number of halogens is 1. The zero-order valence-electron chi connectivity index (χ0n) is 15.5. The number of phenols is 1. The van der Waals surface area contributed by atoms with E-state index in [1.165, 1.54) is 17.0 Å². The van der Waals surface area contributed by atoms with Crippen LogP contribution < -0.4 is 4.74 Å². The lowest BCUT2D eigenvalue weighted by Crippen LogP contribution is -2.23. The van der Waals surface area contributed by atoms with Crippen LogP contribution in [0.25, 0.3) is 6.08 Å². The third-order valence-corrected chi connectivity index (χ3v) is 5.52. The second-order valence-corrected chi connectivity index (χ2v) is 7.92. The molecule has 1 fully saturated rings. The van der Waals surface area contributed by atoms with Gasteiger partial charge in [0, 0.05) is 17.1 Å². The van der Waals surface area contributed by atoms with Gasteiger partial charge in [-0.1, -0.05) is 15.9 Å². The third-order valence-electron chi connectivity index (χ3n) is 4.00. The number of nitrogens with zero attached hydrogens (tertiary/aromatic N) is 2. The van der Waals surface area contributed by atoms with Crippen LogP contribution in [0.15, 0.2) is 50.8 Å². The maximum Gasteiger partial charge on any atom is 0.335 e. The number of likely N-dealkylation sites (N-methyl/N-ethyl adjacent to an activating group) is 1. The van der Waals surface area contributed by atoms with Crippen molar-refractivity contribution < 1.29 is 24.5 Å². The molecule has 0 aromatic heterocycles. The number of amides is 1. The molecular weight excluding hydrogens is 460 g/mol. The number of aromatic carboxylic acids is 1. The minimum absolute atomic E-state index is 0.0479. The van der Waals surface area contributed by atoms with Crippen molar-refractivity contribution in [2.24, 2.45) is 4.99 Å². The highest BCUT2D eigenvalue weighted by Gasteiger charge is 2.30. The van der Waals surface area contributed by atoms with E-state index in [4.69, 9.17) is 9.84 Å². The number of rotatable bonds is 5. The summed E-state index contributed by atoms with van der Waals surface area (Å²) in [4.78, 5) is 29.8. The van der Waals surface area contributed by atoms with Crippen molar-refractivity contribution in [3.8, 4) is 11.5 Å². The van der Waals surface area contributed by atoms with Gasteiger partial charge in [-0.15, -0.1) is 0 Å². The van der Waals surface area contributed by atoms with Gasteiger partial charge in [-0.3, -0.25) is 9.69 Å². The fraction of sp³-hybridized carbons (Fsp3) is 0.150. The maximum atomic E-state index is 12.6. The summed E-state index contributed by atoms with van der Waals surface area (Å²) in [7, 11) is 1.60. The quantitative estimate of drug-likeness (QED) is 0.616. The van der Waals surface area contributed by atoms with Gasteiger partial charge in [0.25, 0.3) is 5.91 Å². The van der Waals surface area contributed by atoms with Gasteiger partial charge in [-0.25, -0.2) is 9.79 Å². The topological polar surface area (TPSA) is 99.4 Å². The summed E-state index contributed by atoms with van der Waals surface area (Å²) in [5.41, 5.74) is 1.13. The average molecular weight is 477 g/mol. The van der Waals surface area contributed by atoms with Crippen molar-refractivity contribution in [2.45, 2.75) is 6.92 Å². The van der Waals surface area contributed by atoms with Crippen LogP contribution in [0.2, 0.25) is 0 Å². The number of hydrogen-bond donors (Lipinski definition) is 2. The molecule has 0 saturated carbocycles. The number of phenolic OH excluding ortho intramolecular Hbond substituents is 1. The van der Waals surface area contributed by atoms with E-state index in [-0.39, 0.29) is 17.2 Å². The second-order valence-electron chi connectivity index (χ2n) is 6.00. The van der Waals surface area contributed by atoms with Crippen LogP contribution in [0.1, 0.15) is 22.8 Å². The molecule has 150 valence electrons. The molecule has 0 spiro atoms. The Morgan fingerprint density at radius 3 is 2.62 bits per heavy atom. The van der Waals surface area contributed by atoms with Gasteiger partial charge in [-0.2, -0.15) is 0 Å². The molecule has 3 rings (SSSR count). The zero-order valence-corrected chi connectivity index (χ0v) is 18.0. The van der Waals surface area contributed by atoms with Crippen molar-refractivity contribution >= 4 is 56.5 Å². The molecule has 1 saturated heterocycles. The molecule has 0 radical (unpaired) electrons. The number of aliphatic imine (C=N–C) groups is 1. The average Bonchev–Trinajstić information content (AvgIpc) is 2.94. The fourth-order valence-corrected chi connectivity index (χ4v) is 3.98. The highest BCUT2D eigenvalue weighted by molar-refractivity contribution is 9.10. The molecule has 7 nitrogen and oxygen atoms in total. The van der Waals surface area contributed by atoms with Crippen LogP contribution in [-0.2, 0) is 4.79 Å². The molecule has 1 amide bonds. The molecule has 1 aliphatic rings. The van der Waals surface area contributed by atoms with Crippen LogP contribution in [0.3, 0.4) is 0 Å². The van der Waals surface area contributed by atoms with Gasteiger partial charge in [0.1, 0.15) is 0 Å². The molecule has 9 heteroatoms. The molecule has 2 N–H and O–H groups in total. The molecule has 0 unspecified atom stereocenters. The summed E-state index contributed by atoms with van der Waals surface area (Å²) >= 11 is 4.54. The van der Waals surface area contributed by atoms with E-state index in [1.807, 2.05) is 6.92 Å². The van der Waals surface area contributed by atoms with E-state index >= 15 is 0 Å². The molecule has 0 atom stereocenters. The van der Waals surface area contributed by atoms with Crippen LogP contribution >= 0.6 is 27.7 Å². The Balaban J connectivity index is 1.91. The number of hydrogen-bond acceptors (Lipinski definition) is 6.